The highest BCUT2D eigenvalue weighted by Crippen LogP contribution is 2.43. The van der Waals surface area contributed by atoms with E-state index in [1.807, 2.05) is 11.8 Å². The van der Waals surface area contributed by atoms with Crippen LogP contribution in [-0.4, -0.2) is 11.0 Å². The molecular weight excluding hydrogens is 306 g/mol. The maximum absolute atomic E-state index is 4.84. The zero-order valence-electron chi connectivity index (χ0n) is 9.67. The molecule has 0 amide bonds. The first-order valence-corrected chi connectivity index (χ1v) is 6.72. The van der Waals surface area contributed by atoms with E-state index < -0.39 is 0 Å². The fraction of sp³-hybridized carbons (Fsp3) is 0.133. The Kier molecular flexibility index (Phi) is 3.04. The van der Waals surface area contributed by atoms with E-state index in [1.165, 1.54) is 21.7 Å². The lowest BCUT2D eigenvalue weighted by Gasteiger charge is -2.18. The lowest BCUT2D eigenvalue weighted by Crippen LogP contribution is -2.15. The molecule has 0 N–H and O–H groups in total. The minimum Gasteiger partial charge on any atom is -0.250 e. The van der Waals surface area contributed by atoms with E-state index in [0.717, 1.165) is 12.1 Å². The second-order valence-electron chi connectivity index (χ2n) is 4.43. The minimum absolute atomic E-state index is 0. The number of fused-ring (bicyclic) bond motifs is 4. The molecule has 1 heterocycles. The van der Waals surface area contributed by atoms with Crippen molar-refractivity contribution in [3.05, 3.63) is 59.7 Å². The molecule has 1 unspecified atom stereocenters. The maximum Gasteiger partial charge on any atom is 0.0769 e. The average Bonchev–Trinajstić information content (AvgIpc) is 2.73. The third kappa shape index (κ3) is 1.73. The molecule has 1 nitrogen and oxygen atoms in total. The highest BCUT2D eigenvalue weighted by molar-refractivity contribution is 8.93. The number of aliphatic imine (C=N–C) groups is 1. The normalized spacial score (nSPS) is 19.1. The molecule has 2 aromatic carbocycles. The fourth-order valence-electron chi connectivity index (χ4n) is 2.58. The molecule has 1 aliphatic heterocycles. The first-order valence-electron chi connectivity index (χ1n) is 5.84. The molecule has 90 valence electrons. The van der Waals surface area contributed by atoms with Gasteiger partial charge in [0.05, 0.1) is 16.6 Å². The standard InChI is InChI=1S/C15H11NS.BrH/c1-2-6-11-10(5-1)9-14-15(11)16-12-7-3-4-8-13(12)17-14;/h1-8,14H,9H2;1H. The van der Waals surface area contributed by atoms with Crippen LogP contribution >= 0.6 is 28.7 Å². The number of hydrogen-bond acceptors (Lipinski definition) is 2. The highest BCUT2D eigenvalue weighted by Gasteiger charge is 2.32. The van der Waals surface area contributed by atoms with Crippen LogP contribution in [0, 0.1) is 0 Å². The number of nitrogens with zero attached hydrogens (tertiary/aromatic N) is 1. The smallest absolute Gasteiger partial charge is 0.0769 e. The third-order valence-electron chi connectivity index (χ3n) is 3.38. The van der Waals surface area contributed by atoms with E-state index in [0.29, 0.717) is 5.25 Å². The van der Waals surface area contributed by atoms with Crippen LogP contribution in [0.3, 0.4) is 0 Å². The molecule has 0 bridgehead atoms. The van der Waals surface area contributed by atoms with Gasteiger partial charge in [0.2, 0.25) is 0 Å². The van der Waals surface area contributed by atoms with Gasteiger partial charge in [0.25, 0.3) is 0 Å². The molecule has 0 radical (unpaired) electrons. The Morgan fingerprint density at radius 2 is 1.78 bits per heavy atom. The van der Waals surface area contributed by atoms with E-state index >= 15 is 0 Å². The largest absolute Gasteiger partial charge is 0.250 e. The Morgan fingerprint density at radius 1 is 1.00 bits per heavy atom. The molecule has 3 heteroatoms. The van der Waals surface area contributed by atoms with Crippen LogP contribution in [0.5, 0.6) is 0 Å². The van der Waals surface area contributed by atoms with Crippen LogP contribution < -0.4 is 0 Å². The van der Waals surface area contributed by atoms with Gasteiger partial charge in [-0.2, -0.15) is 0 Å². The lowest BCUT2D eigenvalue weighted by atomic mass is 10.1. The van der Waals surface area contributed by atoms with Gasteiger partial charge in [0, 0.05) is 10.5 Å². The van der Waals surface area contributed by atoms with Gasteiger partial charge in [0.15, 0.2) is 0 Å². The van der Waals surface area contributed by atoms with Crippen molar-refractivity contribution in [2.75, 3.05) is 0 Å². The Labute approximate surface area is 121 Å². The summed E-state index contributed by atoms with van der Waals surface area (Å²) in [6.07, 6.45) is 1.12. The summed E-state index contributed by atoms with van der Waals surface area (Å²) in [5, 5.41) is 0.516. The minimum atomic E-state index is 0. The van der Waals surface area contributed by atoms with Gasteiger partial charge in [-0.1, -0.05) is 36.4 Å². The third-order valence-corrected chi connectivity index (χ3v) is 4.65. The second-order valence-corrected chi connectivity index (χ2v) is 5.68. The number of thioether (sulfide) groups is 1. The van der Waals surface area contributed by atoms with Gasteiger partial charge in [0.1, 0.15) is 0 Å². The quantitative estimate of drug-likeness (QED) is 0.700. The van der Waals surface area contributed by atoms with Crippen molar-refractivity contribution >= 4 is 40.1 Å². The van der Waals surface area contributed by atoms with E-state index in [-0.39, 0.29) is 17.0 Å². The predicted molar refractivity (Wildman–Crippen MR) is 82.8 cm³/mol. The van der Waals surface area contributed by atoms with Gasteiger partial charge in [-0.05, 0) is 24.1 Å². The van der Waals surface area contributed by atoms with Crippen LogP contribution in [0.4, 0.5) is 5.69 Å². The Hall–Kier alpha value is -1.06. The molecule has 1 aliphatic carbocycles. The fourth-order valence-corrected chi connectivity index (χ4v) is 3.83. The summed E-state index contributed by atoms with van der Waals surface area (Å²) in [6.45, 7) is 0. The monoisotopic (exact) mass is 317 g/mol. The van der Waals surface area contributed by atoms with Crippen molar-refractivity contribution in [2.45, 2.75) is 16.6 Å². The summed E-state index contributed by atoms with van der Waals surface area (Å²) in [5.41, 5.74) is 5.18. The summed E-state index contributed by atoms with van der Waals surface area (Å²) in [4.78, 5) is 6.16. The Morgan fingerprint density at radius 3 is 2.72 bits per heavy atom. The van der Waals surface area contributed by atoms with Crippen LogP contribution in [0.25, 0.3) is 0 Å². The molecule has 4 rings (SSSR count). The first-order chi connectivity index (χ1) is 8.42. The topological polar surface area (TPSA) is 12.4 Å². The predicted octanol–water partition coefficient (Wildman–Crippen LogP) is 4.42. The number of hydrogen-bond donors (Lipinski definition) is 0. The summed E-state index contributed by atoms with van der Waals surface area (Å²) >= 11 is 1.95. The SMILES string of the molecule is Br.c1ccc2c(c1)CC1Sc3ccccc3N=C21. The molecule has 2 aromatic rings. The van der Waals surface area contributed by atoms with Gasteiger partial charge in [-0.25, -0.2) is 0 Å². The molecule has 18 heavy (non-hydrogen) atoms. The van der Waals surface area contributed by atoms with Crippen LogP contribution in [-0.2, 0) is 6.42 Å². The van der Waals surface area contributed by atoms with Crippen molar-refractivity contribution in [2.24, 2.45) is 4.99 Å². The number of rotatable bonds is 0. The summed E-state index contributed by atoms with van der Waals surface area (Å²) < 4.78 is 0. The second kappa shape index (κ2) is 4.56. The highest BCUT2D eigenvalue weighted by atomic mass is 79.9. The van der Waals surface area contributed by atoms with Crippen molar-refractivity contribution < 1.29 is 0 Å². The summed E-state index contributed by atoms with van der Waals surface area (Å²) in [6, 6.07) is 17.1. The van der Waals surface area contributed by atoms with Crippen LogP contribution in [0.15, 0.2) is 58.4 Å². The Bertz CT molecular complexity index is 630. The average molecular weight is 318 g/mol. The Balaban J connectivity index is 0.000001000. The van der Waals surface area contributed by atoms with E-state index in [2.05, 4.69) is 48.5 Å². The van der Waals surface area contributed by atoms with Crippen LogP contribution in [0.2, 0.25) is 0 Å². The molecule has 0 saturated heterocycles. The van der Waals surface area contributed by atoms with Crippen LogP contribution in [0.1, 0.15) is 11.1 Å². The molecule has 0 saturated carbocycles. The summed E-state index contributed by atoms with van der Waals surface area (Å²) in [7, 11) is 0. The van der Waals surface area contributed by atoms with Gasteiger partial charge in [-0.15, -0.1) is 28.7 Å². The van der Waals surface area contributed by atoms with Gasteiger partial charge < -0.3 is 0 Å². The lowest BCUT2D eigenvalue weighted by molar-refractivity contribution is 1.10. The number of para-hydroxylation sites is 1. The van der Waals surface area contributed by atoms with Gasteiger partial charge in [-0.3, -0.25) is 4.99 Å². The zero-order valence-corrected chi connectivity index (χ0v) is 12.2. The number of benzene rings is 2. The maximum atomic E-state index is 4.84. The molecule has 2 aliphatic rings. The molecule has 0 aromatic heterocycles. The summed E-state index contributed by atoms with van der Waals surface area (Å²) in [5.74, 6) is 0. The molecule has 0 spiro atoms. The number of halogens is 1. The zero-order chi connectivity index (χ0) is 11.2. The van der Waals surface area contributed by atoms with Crippen molar-refractivity contribution in [3.63, 3.8) is 0 Å². The molecule has 0 fully saturated rings. The molecule has 1 atom stereocenters. The van der Waals surface area contributed by atoms with Crippen molar-refractivity contribution in [3.8, 4) is 0 Å². The van der Waals surface area contributed by atoms with E-state index in [4.69, 9.17) is 4.99 Å². The van der Waals surface area contributed by atoms with Gasteiger partial charge >= 0.3 is 0 Å². The van der Waals surface area contributed by atoms with E-state index in [9.17, 15) is 0 Å². The van der Waals surface area contributed by atoms with E-state index in [1.54, 1.807) is 0 Å². The van der Waals surface area contributed by atoms with Crippen molar-refractivity contribution in [1.29, 1.82) is 0 Å². The van der Waals surface area contributed by atoms with Crippen molar-refractivity contribution in [1.82, 2.24) is 0 Å². The molecular formula is C15H12BrNS. The first kappa shape index (κ1) is 12.0.